The lowest BCUT2D eigenvalue weighted by Gasteiger charge is -2.13. The number of methoxy groups -OCH3 is 1. The van der Waals surface area contributed by atoms with Gasteiger partial charge in [0.05, 0.1) is 24.0 Å². The Kier molecular flexibility index (Phi) is 6.85. The topological polar surface area (TPSA) is 72.8 Å². The van der Waals surface area contributed by atoms with Crippen LogP contribution in [0, 0.1) is 13.8 Å². The van der Waals surface area contributed by atoms with Gasteiger partial charge in [-0.25, -0.2) is 10.4 Å². The van der Waals surface area contributed by atoms with Gasteiger partial charge in [-0.2, -0.15) is 5.10 Å². The molecule has 2 aromatic carbocycles. The van der Waals surface area contributed by atoms with Gasteiger partial charge in [-0.15, -0.1) is 11.3 Å². The van der Waals surface area contributed by atoms with Gasteiger partial charge in [-0.1, -0.05) is 29.8 Å². The van der Waals surface area contributed by atoms with Crippen LogP contribution in [-0.4, -0.2) is 24.2 Å². The number of aryl methyl sites for hydroxylation is 2. The minimum absolute atomic E-state index is 0.295. The zero-order valence-corrected chi connectivity index (χ0v) is 17.8. The van der Waals surface area contributed by atoms with Crippen LogP contribution in [0.3, 0.4) is 0 Å². The molecule has 3 aromatic rings. The van der Waals surface area contributed by atoms with Gasteiger partial charge >= 0.3 is 0 Å². The minimum Gasteiger partial charge on any atom is -0.493 e. The summed E-state index contributed by atoms with van der Waals surface area (Å²) >= 11 is 7.26. The van der Waals surface area contributed by atoms with Crippen LogP contribution in [0.2, 0.25) is 5.02 Å². The molecular weight excluding hydrogens is 410 g/mol. The van der Waals surface area contributed by atoms with Gasteiger partial charge < -0.3 is 9.47 Å². The van der Waals surface area contributed by atoms with Gasteiger partial charge in [0, 0.05) is 10.6 Å². The molecule has 0 saturated heterocycles. The van der Waals surface area contributed by atoms with Crippen molar-refractivity contribution in [2.75, 3.05) is 7.11 Å². The van der Waals surface area contributed by atoms with Crippen LogP contribution in [0.5, 0.6) is 11.5 Å². The van der Waals surface area contributed by atoms with Gasteiger partial charge in [0.1, 0.15) is 11.5 Å². The molecule has 1 amide bonds. The van der Waals surface area contributed by atoms with E-state index in [0.717, 1.165) is 10.6 Å². The summed E-state index contributed by atoms with van der Waals surface area (Å²) in [5.74, 6) is 0.812. The number of aromatic nitrogens is 1. The highest BCUT2D eigenvalue weighted by molar-refractivity contribution is 7.13. The molecule has 0 spiro atoms. The number of carbonyl (C=O) groups is 1. The number of carbonyl (C=O) groups excluding carboxylic acids is 1. The fraction of sp³-hybridized carbons (Fsp3) is 0.190. The smallest absolute Gasteiger partial charge is 0.283 e. The number of amides is 1. The number of ether oxygens (including phenoxy) is 2. The van der Waals surface area contributed by atoms with Gasteiger partial charge in [-0.3, -0.25) is 4.79 Å². The number of rotatable bonds is 7. The zero-order chi connectivity index (χ0) is 20.8. The number of hydrazone groups is 1. The quantitative estimate of drug-likeness (QED) is 0.434. The van der Waals surface area contributed by atoms with E-state index in [-0.39, 0.29) is 5.91 Å². The summed E-state index contributed by atoms with van der Waals surface area (Å²) in [6.07, 6.45) is 1.53. The largest absolute Gasteiger partial charge is 0.493 e. The van der Waals surface area contributed by atoms with E-state index < -0.39 is 0 Å². The number of halogens is 1. The molecule has 0 aliphatic carbocycles. The van der Waals surface area contributed by atoms with Crippen molar-refractivity contribution in [1.82, 2.24) is 10.4 Å². The first kappa shape index (κ1) is 20.8. The van der Waals surface area contributed by atoms with Crippen molar-refractivity contribution in [2.24, 2.45) is 5.10 Å². The molecule has 0 aliphatic rings. The fourth-order valence-corrected chi connectivity index (χ4v) is 3.57. The van der Waals surface area contributed by atoms with Gasteiger partial charge in [0.15, 0.2) is 11.5 Å². The summed E-state index contributed by atoms with van der Waals surface area (Å²) in [4.78, 5) is 17.1. The highest BCUT2D eigenvalue weighted by atomic mass is 35.5. The Balaban J connectivity index is 1.74. The van der Waals surface area contributed by atoms with E-state index >= 15 is 0 Å². The molecule has 6 nitrogen and oxygen atoms in total. The second-order valence-corrected chi connectivity index (χ2v) is 7.78. The average Bonchev–Trinajstić information content (AvgIpc) is 3.06. The molecule has 1 aromatic heterocycles. The van der Waals surface area contributed by atoms with Crippen LogP contribution in [0.4, 0.5) is 0 Å². The lowest BCUT2D eigenvalue weighted by Crippen LogP contribution is -2.17. The monoisotopic (exact) mass is 429 g/mol. The van der Waals surface area contributed by atoms with E-state index in [4.69, 9.17) is 21.1 Å². The molecule has 0 unspecified atom stereocenters. The summed E-state index contributed by atoms with van der Waals surface area (Å²) in [5, 5.41) is 5.58. The van der Waals surface area contributed by atoms with Crippen molar-refractivity contribution in [3.8, 4) is 11.5 Å². The van der Waals surface area contributed by atoms with Crippen LogP contribution in [0.25, 0.3) is 0 Å². The molecule has 0 radical (unpaired) electrons. The molecule has 0 bridgehead atoms. The van der Waals surface area contributed by atoms with E-state index in [1.807, 2.05) is 43.3 Å². The van der Waals surface area contributed by atoms with Crippen molar-refractivity contribution in [1.29, 1.82) is 0 Å². The lowest BCUT2D eigenvalue weighted by atomic mass is 10.2. The molecule has 1 N–H and O–H groups in total. The van der Waals surface area contributed by atoms with Gasteiger partial charge in [0.2, 0.25) is 0 Å². The molecule has 8 heteroatoms. The third-order valence-corrected chi connectivity index (χ3v) is 5.33. The predicted molar refractivity (Wildman–Crippen MR) is 115 cm³/mol. The number of benzene rings is 2. The fourth-order valence-electron chi connectivity index (χ4n) is 2.64. The molecule has 0 fully saturated rings. The second kappa shape index (κ2) is 9.54. The standard InChI is InChI=1S/C21H20ClN3O3S/c1-13-20(29-14(2)24-13)21(26)25-23-11-16-5-4-6-18(27-3)19(16)28-12-15-7-9-17(22)10-8-15/h4-11H,12H2,1-3H3,(H,25,26)/b23-11+. The first-order valence-electron chi connectivity index (χ1n) is 8.79. The highest BCUT2D eigenvalue weighted by Crippen LogP contribution is 2.31. The lowest BCUT2D eigenvalue weighted by molar-refractivity contribution is 0.0958. The SMILES string of the molecule is COc1cccc(/C=N/NC(=O)c2sc(C)nc2C)c1OCc1ccc(Cl)cc1. The van der Waals surface area contributed by atoms with Crippen LogP contribution >= 0.6 is 22.9 Å². The molecule has 150 valence electrons. The molecule has 1 heterocycles. The molecule has 3 rings (SSSR count). The summed E-state index contributed by atoms with van der Waals surface area (Å²) in [6, 6.07) is 12.9. The molecular formula is C21H20ClN3O3S. The first-order chi connectivity index (χ1) is 14.0. The summed E-state index contributed by atoms with van der Waals surface area (Å²) < 4.78 is 11.4. The summed E-state index contributed by atoms with van der Waals surface area (Å²) in [5.41, 5.74) is 4.87. The van der Waals surface area contributed by atoms with E-state index in [2.05, 4.69) is 15.5 Å². The molecule has 29 heavy (non-hydrogen) atoms. The third-order valence-electron chi connectivity index (χ3n) is 4.01. The third kappa shape index (κ3) is 5.34. The summed E-state index contributed by atoms with van der Waals surface area (Å²) in [7, 11) is 1.57. The number of para-hydroxylation sites is 1. The maximum Gasteiger partial charge on any atom is 0.283 e. The summed E-state index contributed by atoms with van der Waals surface area (Å²) in [6.45, 7) is 4.00. The molecule has 0 aliphatic heterocycles. The molecule has 0 atom stereocenters. The number of thiazole rings is 1. The Hall–Kier alpha value is -2.90. The number of nitrogens with zero attached hydrogens (tertiary/aromatic N) is 2. The Morgan fingerprint density at radius 1 is 1.24 bits per heavy atom. The van der Waals surface area contributed by atoms with Crippen LogP contribution < -0.4 is 14.9 Å². The first-order valence-corrected chi connectivity index (χ1v) is 9.99. The van der Waals surface area contributed by atoms with Crippen molar-refractivity contribution in [3.05, 3.63) is 74.2 Å². The maximum absolute atomic E-state index is 12.3. The number of nitrogens with one attached hydrogen (secondary N) is 1. The van der Waals surface area contributed by atoms with Gasteiger partial charge in [0.25, 0.3) is 5.91 Å². The number of hydrogen-bond donors (Lipinski definition) is 1. The van der Waals surface area contributed by atoms with E-state index in [0.29, 0.717) is 39.3 Å². The second-order valence-electron chi connectivity index (χ2n) is 6.14. The zero-order valence-electron chi connectivity index (χ0n) is 16.2. The van der Waals surface area contributed by atoms with Crippen molar-refractivity contribution in [3.63, 3.8) is 0 Å². The van der Waals surface area contributed by atoms with E-state index in [1.54, 1.807) is 20.1 Å². The normalized spacial score (nSPS) is 10.9. The maximum atomic E-state index is 12.3. The predicted octanol–water partition coefficient (Wildman–Crippen LogP) is 4.76. The minimum atomic E-state index is -0.295. The van der Waals surface area contributed by atoms with E-state index in [9.17, 15) is 4.79 Å². The van der Waals surface area contributed by atoms with Crippen molar-refractivity contribution >= 4 is 35.1 Å². The van der Waals surface area contributed by atoms with Crippen molar-refractivity contribution in [2.45, 2.75) is 20.5 Å². The Morgan fingerprint density at radius 3 is 2.66 bits per heavy atom. The Morgan fingerprint density at radius 2 is 2.00 bits per heavy atom. The Labute approximate surface area is 178 Å². The van der Waals surface area contributed by atoms with Crippen LogP contribution in [0.15, 0.2) is 47.6 Å². The van der Waals surface area contributed by atoms with Gasteiger partial charge in [-0.05, 0) is 43.7 Å². The molecule has 0 saturated carbocycles. The number of hydrogen-bond acceptors (Lipinski definition) is 6. The van der Waals surface area contributed by atoms with Crippen molar-refractivity contribution < 1.29 is 14.3 Å². The average molecular weight is 430 g/mol. The van der Waals surface area contributed by atoms with E-state index in [1.165, 1.54) is 17.6 Å². The van der Waals surface area contributed by atoms with Crippen LogP contribution in [-0.2, 0) is 6.61 Å². The van der Waals surface area contributed by atoms with Crippen LogP contribution in [0.1, 0.15) is 31.5 Å². The Bertz CT molecular complexity index is 1030. The highest BCUT2D eigenvalue weighted by Gasteiger charge is 2.13.